The largest absolute Gasteiger partial charge is 0.478 e. The van der Waals surface area contributed by atoms with Crippen LogP contribution in [0.5, 0.6) is 0 Å². The number of nitrogens with zero attached hydrogens (tertiary/aromatic N) is 3. The molecule has 1 saturated heterocycles. The molecule has 2 heterocycles. The molecular formula is C19H26BrN3O2. The summed E-state index contributed by atoms with van der Waals surface area (Å²) in [6.07, 6.45) is 8.12. The SMILES string of the molecule is C=CN=C(OC)C(=O)CCCC1CCN(Cc2ccc(Br)nc2)CC1. The van der Waals surface area contributed by atoms with E-state index in [1.807, 2.05) is 12.3 Å². The summed E-state index contributed by atoms with van der Waals surface area (Å²) in [5.74, 6) is 0.824. The van der Waals surface area contributed by atoms with Crippen LogP contribution in [0.3, 0.4) is 0 Å². The molecule has 1 aromatic rings. The molecule has 0 aromatic carbocycles. The first-order valence-electron chi connectivity index (χ1n) is 8.71. The Kier molecular flexibility index (Phi) is 8.28. The van der Waals surface area contributed by atoms with Gasteiger partial charge < -0.3 is 4.74 Å². The molecule has 1 aromatic heterocycles. The lowest BCUT2D eigenvalue weighted by molar-refractivity contribution is -0.114. The van der Waals surface area contributed by atoms with Gasteiger partial charge in [0.05, 0.1) is 7.11 Å². The number of carbonyl (C=O) groups excluding carboxylic acids is 1. The zero-order chi connectivity index (χ0) is 18.1. The topological polar surface area (TPSA) is 54.8 Å². The standard InChI is InChI=1S/C19H26BrN3O2/c1-3-21-19(25-2)17(24)6-4-5-15-9-11-23(12-10-15)14-16-7-8-18(20)22-13-16/h3,7-8,13,15H,1,4-6,9-12,14H2,2H3. The van der Waals surface area contributed by atoms with Crippen molar-refractivity contribution in [2.24, 2.45) is 10.9 Å². The van der Waals surface area contributed by atoms with E-state index in [1.165, 1.54) is 31.7 Å². The van der Waals surface area contributed by atoms with E-state index in [0.29, 0.717) is 12.3 Å². The molecule has 0 aliphatic carbocycles. The summed E-state index contributed by atoms with van der Waals surface area (Å²) in [7, 11) is 1.47. The van der Waals surface area contributed by atoms with Gasteiger partial charge in [0.1, 0.15) is 4.60 Å². The van der Waals surface area contributed by atoms with Gasteiger partial charge in [0.2, 0.25) is 5.78 Å². The fourth-order valence-electron chi connectivity index (χ4n) is 3.17. The first kappa shape index (κ1) is 19.8. The van der Waals surface area contributed by atoms with Crippen molar-refractivity contribution in [3.63, 3.8) is 0 Å². The molecule has 0 spiro atoms. The van der Waals surface area contributed by atoms with Crippen LogP contribution in [0, 0.1) is 5.92 Å². The minimum Gasteiger partial charge on any atom is -0.478 e. The molecule has 0 bridgehead atoms. The number of ketones is 1. The summed E-state index contributed by atoms with van der Waals surface area (Å²) in [6.45, 7) is 6.67. The Morgan fingerprint density at radius 3 is 2.84 bits per heavy atom. The average molecular weight is 408 g/mol. The molecule has 2 rings (SSSR count). The average Bonchev–Trinajstić information content (AvgIpc) is 2.63. The quantitative estimate of drug-likeness (QED) is 0.371. The van der Waals surface area contributed by atoms with Gasteiger partial charge in [-0.25, -0.2) is 9.98 Å². The maximum Gasteiger partial charge on any atom is 0.257 e. The van der Waals surface area contributed by atoms with E-state index >= 15 is 0 Å². The lowest BCUT2D eigenvalue weighted by atomic mass is 9.91. The number of aliphatic imine (C=N–C) groups is 1. The molecule has 0 atom stereocenters. The number of carbonyl (C=O) groups is 1. The Balaban J connectivity index is 1.67. The zero-order valence-corrected chi connectivity index (χ0v) is 16.4. The Hall–Kier alpha value is -1.53. The molecule has 25 heavy (non-hydrogen) atoms. The number of ether oxygens (including phenoxy) is 1. The predicted octanol–water partition coefficient (Wildman–Crippen LogP) is 3.98. The van der Waals surface area contributed by atoms with Crippen molar-refractivity contribution >= 4 is 27.6 Å². The Morgan fingerprint density at radius 1 is 1.48 bits per heavy atom. The number of Topliss-reactive ketones (excluding diaryl/α,β-unsaturated/α-hetero) is 1. The number of piperidine rings is 1. The number of halogens is 1. The first-order valence-corrected chi connectivity index (χ1v) is 9.50. The Labute approximate surface area is 158 Å². The number of hydrogen-bond acceptors (Lipinski definition) is 5. The van der Waals surface area contributed by atoms with Crippen LogP contribution in [0.25, 0.3) is 0 Å². The van der Waals surface area contributed by atoms with Crippen LogP contribution >= 0.6 is 15.9 Å². The van der Waals surface area contributed by atoms with E-state index in [4.69, 9.17) is 4.74 Å². The summed E-state index contributed by atoms with van der Waals surface area (Å²) >= 11 is 3.37. The second kappa shape index (κ2) is 10.5. The van der Waals surface area contributed by atoms with Crippen LogP contribution in [0.15, 0.2) is 40.7 Å². The number of pyridine rings is 1. The second-order valence-corrected chi connectivity index (χ2v) is 7.16. The molecule has 0 N–H and O–H groups in total. The molecule has 1 aliphatic rings. The normalized spacial score (nSPS) is 16.6. The highest BCUT2D eigenvalue weighted by Gasteiger charge is 2.20. The van der Waals surface area contributed by atoms with Crippen LogP contribution in [0.1, 0.15) is 37.7 Å². The van der Waals surface area contributed by atoms with E-state index < -0.39 is 0 Å². The number of methoxy groups -OCH3 is 1. The second-order valence-electron chi connectivity index (χ2n) is 6.35. The third-order valence-electron chi connectivity index (χ3n) is 4.56. The van der Waals surface area contributed by atoms with Gasteiger partial charge in [0.15, 0.2) is 0 Å². The molecule has 0 amide bonds. The van der Waals surface area contributed by atoms with Gasteiger partial charge in [-0.1, -0.05) is 12.6 Å². The molecule has 0 saturated carbocycles. The fourth-order valence-corrected chi connectivity index (χ4v) is 3.41. The van der Waals surface area contributed by atoms with Crippen molar-refractivity contribution in [1.82, 2.24) is 9.88 Å². The summed E-state index contributed by atoms with van der Waals surface area (Å²) in [4.78, 5) is 22.6. The van der Waals surface area contributed by atoms with E-state index in [9.17, 15) is 4.79 Å². The summed E-state index contributed by atoms with van der Waals surface area (Å²) in [5.41, 5.74) is 1.25. The van der Waals surface area contributed by atoms with Crippen molar-refractivity contribution < 1.29 is 9.53 Å². The highest BCUT2D eigenvalue weighted by Crippen LogP contribution is 2.24. The van der Waals surface area contributed by atoms with Gasteiger partial charge in [-0.2, -0.15) is 0 Å². The Bertz CT molecular complexity index is 593. The van der Waals surface area contributed by atoms with Crippen LogP contribution in [-0.2, 0) is 16.1 Å². The van der Waals surface area contributed by atoms with E-state index in [1.54, 1.807) is 0 Å². The number of rotatable bonds is 8. The maximum absolute atomic E-state index is 12.0. The highest BCUT2D eigenvalue weighted by molar-refractivity contribution is 9.10. The first-order chi connectivity index (χ1) is 12.1. The van der Waals surface area contributed by atoms with Gasteiger partial charge in [-0.05, 0) is 72.3 Å². The minimum atomic E-state index is -0.0393. The van der Waals surface area contributed by atoms with Crippen LogP contribution in [0.2, 0.25) is 0 Å². The van der Waals surface area contributed by atoms with Crippen LogP contribution < -0.4 is 0 Å². The van der Waals surface area contributed by atoms with Crippen molar-refractivity contribution in [3.05, 3.63) is 41.3 Å². The third-order valence-corrected chi connectivity index (χ3v) is 5.03. The smallest absolute Gasteiger partial charge is 0.257 e. The lowest BCUT2D eigenvalue weighted by Gasteiger charge is -2.32. The maximum atomic E-state index is 12.0. The molecule has 0 unspecified atom stereocenters. The molecule has 1 aliphatic heterocycles. The molecule has 136 valence electrons. The van der Waals surface area contributed by atoms with Gasteiger partial charge in [-0.15, -0.1) is 0 Å². The van der Waals surface area contributed by atoms with Crippen LogP contribution in [-0.4, -0.2) is 41.8 Å². The fraction of sp³-hybridized carbons (Fsp3) is 0.526. The lowest BCUT2D eigenvalue weighted by Crippen LogP contribution is -2.33. The summed E-state index contributed by atoms with van der Waals surface area (Å²) in [6, 6.07) is 4.11. The van der Waals surface area contributed by atoms with Gasteiger partial charge in [0.25, 0.3) is 5.90 Å². The molecule has 6 heteroatoms. The Morgan fingerprint density at radius 2 is 2.24 bits per heavy atom. The molecule has 5 nitrogen and oxygen atoms in total. The summed E-state index contributed by atoms with van der Waals surface area (Å²) in [5, 5.41) is 0. The van der Waals surface area contributed by atoms with Gasteiger partial charge in [0, 0.05) is 25.4 Å². The van der Waals surface area contributed by atoms with E-state index in [0.717, 1.165) is 37.1 Å². The zero-order valence-electron chi connectivity index (χ0n) is 14.8. The van der Waals surface area contributed by atoms with E-state index in [-0.39, 0.29) is 11.7 Å². The summed E-state index contributed by atoms with van der Waals surface area (Å²) < 4.78 is 5.86. The van der Waals surface area contributed by atoms with Crippen molar-refractivity contribution in [2.75, 3.05) is 20.2 Å². The molecule has 1 fully saturated rings. The molecular weight excluding hydrogens is 382 g/mol. The van der Waals surface area contributed by atoms with Crippen molar-refractivity contribution in [1.29, 1.82) is 0 Å². The van der Waals surface area contributed by atoms with Gasteiger partial charge in [-0.3, -0.25) is 9.69 Å². The van der Waals surface area contributed by atoms with E-state index in [2.05, 4.69) is 43.5 Å². The highest BCUT2D eigenvalue weighted by atomic mass is 79.9. The van der Waals surface area contributed by atoms with Crippen molar-refractivity contribution in [3.8, 4) is 0 Å². The van der Waals surface area contributed by atoms with Crippen molar-refractivity contribution in [2.45, 2.75) is 38.6 Å². The van der Waals surface area contributed by atoms with Gasteiger partial charge >= 0.3 is 0 Å². The monoisotopic (exact) mass is 407 g/mol. The minimum absolute atomic E-state index is 0.0393. The number of aromatic nitrogens is 1. The van der Waals surface area contributed by atoms with Crippen LogP contribution in [0.4, 0.5) is 0 Å². The number of likely N-dealkylation sites (tertiary alicyclic amines) is 1. The predicted molar refractivity (Wildman–Crippen MR) is 103 cm³/mol. The molecule has 0 radical (unpaired) electrons. The third kappa shape index (κ3) is 6.71. The number of hydrogen-bond donors (Lipinski definition) is 0.